The smallest absolute Gasteiger partial charge is 0.255 e. The van der Waals surface area contributed by atoms with E-state index in [4.69, 9.17) is 9.47 Å². The zero-order valence-corrected chi connectivity index (χ0v) is 23.5. The average molecular weight is 555 g/mol. The summed E-state index contributed by atoms with van der Waals surface area (Å²) in [6.07, 6.45) is 3.11. The number of carbonyl (C=O) groups excluding carboxylic acids is 2. The number of ether oxygens (including phenoxy) is 2. The molecule has 1 aromatic heterocycles. The Balaban J connectivity index is 1.58. The van der Waals surface area contributed by atoms with E-state index in [9.17, 15) is 14.0 Å². The highest BCUT2D eigenvalue weighted by molar-refractivity contribution is 6.09. The standard InChI is InChI=1S/C32H31FN4O4/c1-19-6-7-21(33)16-27(19)41-18-25-23(10-11-26-29(25)37(4)31(39)32(2,3)36-26)24-9-8-22(17-28(24)40-5)35-30(38)20-12-14-34-15-13-20/h6-17,36H,18H2,1-5H3,(H,35,38). The molecule has 0 spiro atoms. The first-order chi connectivity index (χ1) is 19.6. The SMILES string of the molecule is COc1cc(NC(=O)c2ccncc2)ccc1-c1ccc2c(c1COc1cc(F)ccc1C)N(C)C(=O)C(C)(C)N2. The Morgan fingerprint density at radius 1 is 1.02 bits per heavy atom. The molecule has 0 bridgehead atoms. The Kier molecular flexibility index (Phi) is 7.36. The number of methoxy groups -OCH3 is 1. The van der Waals surface area contributed by atoms with Gasteiger partial charge < -0.3 is 25.0 Å². The number of nitrogens with zero attached hydrogens (tertiary/aromatic N) is 2. The number of carbonyl (C=O) groups is 2. The largest absolute Gasteiger partial charge is 0.496 e. The molecule has 9 heteroatoms. The third kappa shape index (κ3) is 5.43. The zero-order chi connectivity index (χ0) is 29.3. The van der Waals surface area contributed by atoms with Crippen molar-refractivity contribution < 1.29 is 23.5 Å². The summed E-state index contributed by atoms with van der Waals surface area (Å²) in [6, 6.07) is 16.9. The van der Waals surface area contributed by atoms with Crippen molar-refractivity contribution in [3.05, 3.63) is 95.6 Å². The van der Waals surface area contributed by atoms with Crippen molar-refractivity contribution in [3.63, 3.8) is 0 Å². The third-order valence-electron chi connectivity index (χ3n) is 7.12. The fraction of sp³-hybridized carbons (Fsp3) is 0.219. The van der Waals surface area contributed by atoms with Crippen LogP contribution in [0.2, 0.25) is 0 Å². The molecule has 41 heavy (non-hydrogen) atoms. The van der Waals surface area contributed by atoms with Crippen molar-refractivity contribution in [2.45, 2.75) is 32.9 Å². The number of benzene rings is 3. The number of hydrogen-bond donors (Lipinski definition) is 2. The minimum Gasteiger partial charge on any atom is -0.496 e. The predicted molar refractivity (Wildman–Crippen MR) is 157 cm³/mol. The summed E-state index contributed by atoms with van der Waals surface area (Å²) >= 11 is 0. The van der Waals surface area contributed by atoms with Crippen LogP contribution in [0.15, 0.2) is 73.1 Å². The topological polar surface area (TPSA) is 92.8 Å². The van der Waals surface area contributed by atoms with Gasteiger partial charge >= 0.3 is 0 Å². The van der Waals surface area contributed by atoms with Gasteiger partial charge in [0.25, 0.3) is 11.8 Å². The lowest BCUT2D eigenvalue weighted by Gasteiger charge is -2.39. The summed E-state index contributed by atoms with van der Waals surface area (Å²) in [6.45, 7) is 5.57. The number of hydrogen-bond acceptors (Lipinski definition) is 6. The molecular weight excluding hydrogens is 523 g/mol. The first-order valence-electron chi connectivity index (χ1n) is 13.1. The number of anilines is 3. The molecule has 0 saturated heterocycles. The summed E-state index contributed by atoms with van der Waals surface area (Å²) in [4.78, 5) is 31.6. The normalized spacial score (nSPS) is 13.7. The highest BCUT2D eigenvalue weighted by atomic mass is 19.1. The average Bonchev–Trinajstić information content (AvgIpc) is 2.96. The summed E-state index contributed by atoms with van der Waals surface area (Å²) in [5.74, 6) is 0.144. The molecule has 0 saturated carbocycles. The second kappa shape index (κ2) is 10.9. The Morgan fingerprint density at radius 3 is 2.49 bits per heavy atom. The van der Waals surface area contributed by atoms with Gasteiger partial charge in [0, 0.05) is 54.0 Å². The van der Waals surface area contributed by atoms with Crippen LogP contribution < -0.4 is 25.0 Å². The van der Waals surface area contributed by atoms with Crippen molar-refractivity contribution >= 4 is 28.9 Å². The van der Waals surface area contributed by atoms with Gasteiger partial charge in [-0.15, -0.1) is 0 Å². The van der Waals surface area contributed by atoms with Gasteiger partial charge in [-0.2, -0.15) is 0 Å². The lowest BCUT2D eigenvalue weighted by atomic mass is 9.91. The molecule has 8 nitrogen and oxygen atoms in total. The Morgan fingerprint density at radius 2 is 1.76 bits per heavy atom. The minimum absolute atomic E-state index is 0.0617. The lowest BCUT2D eigenvalue weighted by molar-refractivity contribution is -0.121. The molecule has 1 aliphatic rings. The van der Waals surface area contributed by atoms with E-state index in [1.54, 1.807) is 61.8 Å². The zero-order valence-electron chi connectivity index (χ0n) is 23.5. The second-order valence-electron chi connectivity index (χ2n) is 10.4. The van der Waals surface area contributed by atoms with Crippen LogP contribution >= 0.6 is 0 Å². The van der Waals surface area contributed by atoms with E-state index < -0.39 is 11.4 Å². The molecular formula is C32H31FN4O4. The highest BCUT2D eigenvalue weighted by Gasteiger charge is 2.38. The number of aryl methyl sites for hydroxylation is 1. The van der Waals surface area contributed by atoms with Gasteiger partial charge in [-0.1, -0.05) is 12.1 Å². The Bertz CT molecular complexity index is 1640. The van der Waals surface area contributed by atoms with Crippen molar-refractivity contribution in [1.29, 1.82) is 0 Å². The number of halogens is 1. The predicted octanol–water partition coefficient (Wildman–Crippen LogP) is 6.20. The number of pyridine rings is 1. The quantitative estimate of drug-likeness (QED) is 0.283. The van der Waals surface area contributed by atoms with E-state index in [1.807, 2.05) is 39.0 Å². The van der Waals surface area contributed by atoms with Crippen LogP contribution in [0, 0.1) is 12.7 Å². The van der Waals surface area contributed by atoms with Crippen molar-refractivity contribution in [2.75, 3.05) is 29.7 Å². The maximum absolute atomic E-state index is 14.0. The molecule has 0 fully saturated rings. The van der Waals surface area contributed by atoms with Gasteiger partial charge in [0.15, 0.2) is 0 Å². The number of fused-ring (bicyclic) bond motifs is 1. The number of aromatic nitrogens is 1. The molecule has 2 heterocycles. The Labute approximate surface area is 238 Å². The monoisotopic (exact) mass is 554 g/mol. The van der Waals surface area contributed by atoms with Gasteiger partial charge in [0.05, 0.1) is 18.5 Å². The van der Waals surface area contributed by atoms with Crippen LogP contribution in [-0.4, -0.2) is 36.5 Å². The number of nitrogens with one attached hydrogen (secondary N) is 2. The van der Waals surface area contributed by atoms with Gasteiger partial charge in [-0.05, 0) is 68.3 Å². The fourth-order valence-corrected chi connectivity index (χ4v) is 5.01. The van der Waals surface area contributed by atoms with E-state index in [0.717, 1.165) is 27.9 Å². The maximum Gasteiger partial charge on any atom is 0.255 e. The summed E-state index contributed by atoms with van der Waals surface area (Å²) < 4.78 is 25.9. The van der Waals surface area contributed by atoms with Crippen molar-refractivity contribution in [2.24, 2.45) is 0 Å². The molecule has 210 valence electrons. The van der Waals surface area contributed by atoms with Crippen molar-refractivity contribution in [1.82, 2.24) is 4.98 Å². The molecule has 0 radical (unpaired) electrons. The molecule has 4 aromatic rings. The molecule has 0 unspecified atom stereocenters. The van der Waals surface area contributed by atoms with E-state index in [0.29, 0.717) is 28.4 Å². The van der Waals surface area contributed by atoms with Crippen LogP contribution in [0.5, 0.6) is 11.5 Å². The van der Waals surface area contributed by atoms with E-state index in [1.165, 1.54) is 12.1 Å². The number of rotatable bonds is 7. The summed E-state index contributed by atoms with van der Waals surface area (Å²) in [5, 5.41) is 6.23. The van der Waals surface area contributed by atoms with Crippen LogP contribution in [0.25, 0.3) is 11.1 Å². The van der Waals surface area contributed by atoms with Crippen LogP contribution in [-0.2, 0) is 11.4 Å². The van der Waals surface area contributed by atoms with Crippen LogP contribution in [0.1, 0.15) is 35.3 Å². The van der Waals surface area contributed by atoms with Gasteiger partial charge in [0.1, 0.15) is 29.5 Å². The molecule has 5 rings (SSSR count). The summed E-state index contributed by atoms with van der Waals surface area (Å²) in [7, 11) is 3.29. The fourth-order valence-electron chi connectivity index (χ4n) is 5.01. The summed E-state index contributed by atoms with van der Waals surface area (Å²) in [5.41, 5.74) is 4.67. The van der Waals surface area contributed by atoms with Gasteiger partial charge in [0.2, 0.25) is 0 Å². The first kappa shape index (κ1) is 27.6. The molecule has 3 aromatic carbocycles. The highest BCUT2D eigenvalue weighted by Crippen LogP contribution is 2.45. The first-order valence-corrected chi connectivity index (χ1v) is 13.1. The molecule has 1 aliphatic heterocycles. The van der Waals surface area contributed by atoms with Crippen LogP contribution in [0.4, 0.5) is 21.5 Å². The van der Waals surface area contributed by atoms with Gasteiger partial charge in [-0.25, -0.2) is 4.39 Å². The Hall–Kier alpha value is -4.92. The van der Waals surface area contributed by atoms with Crippen molar-refractivity contribution in [3.8, 4) is 22.6 Å². The molecule has 0 atom stereocenters. The van der Waals surface area contributed by atoms with E-state index >= 15 is 0 Å². The van der Waals surface area contributed by atoms with E-state index in [-0.39, 0.29) is 18.4 Å². The van der Waals surface area contributed by atoms with E-state index in [2.05, 4.69) is 15.6 Å². The number of likely N-dealkylation sites (N-methyl/N-ethyl adjacent to an activating group) is 1. The second-order valence-corrected chi connectivity index (χ2v) is 10.4. The number of amides is 2. The lowest BCUT2D eigenvalue weighted by Crippen LogP contribution is -2.52. The molecule has 2 amide bonds. The molecule has 2 N–H and O–H groups in total. The maximum atomic E-state index is 14.0. The van der Waals surface area contributed by atoms with Gasteiger partial charge in [-0.3, -0.25) is 14.6 Å². The minimum atomic E-state index is -0.799. The molecule has 0 aliphatic carbocycles. The van der Waals surface area contributed by atoms with Crippen LogP contribution in [0.3, 0.4) is 0 Å². The third-order valence-corrected chi connectivity index (χ3v) is 7.12.